The molecule has 1 amide bonds. The average molecular weight is 394 g/mol. The third-order valence-corrected chi connectivity index (χ3v) is 4.35. The summed E-state index contributed by atoms with van der Waals surface area (Å²) in [5.41, 5.74) is 1.68. The van der Waals surface area contributed by atoms with Gasteiger partial charge in [0.1, 0.15) is 12.3 Å². The van der Waals surface area contributed by atoms with E-state index in [0.29, 0.717) is 23.5 Å². The molecule has 0 saturated heterocycles. The third kappa shape index (κ3) is 4.82. The predicted octanol–water partition coefficient (Wildman–Crippen LogP) is 3.11. The van der Waals surface area contributed by atoms with Crippen LogP contribution in [0.15, 0.2) is 54.7 Å². The van der Waals surface area contributed by atoms with Crippen molar-refractivity contribution in [1.82, 2.24) is 10.3 Å². The van der Waals surface area contributed by atoms with Crippen molar-refractivity contribution in [2.24, 2.45) is 0 Å². The van der Waals surface area contributed by atoms with Gasteiger partial charge in [0.15, 0.2) is 6.10 Å². The van der Waals surface area contributed by atoms with Crippen LogP contribution >= 0.6 is 0 Å². The van der Waals surface area contributed by atoms with Crippen LogP contribution in [-0.4, -0.2) is 41.9 Å². The van der Waals surface area contributed by atoms with Crippen LogP contribution in [0, 0.1) is 0 Å². The van der Waals surface area contributed by atoms with Gasteiger partial charge >= 0.3 is 5.97 Å². The number of carbonyl (C=O) groups excluding carboxylic acids is 3. The summed E-state index contributed by atoms with van der Waals surface area (Å²) in [5.74, 6) is -0.757. The number of esters is 1. The number of para-hydroxylation sites is 1. The molecular weight excluding hydrogens is 372 g/mol. The Labute approximate surface area is 168 Å². The first-order valence-electron chi connectivity index (χ1n) is 9.30. The van der Waals surface area contributed by atoms with Crippen molar-refractivity contribution in [3.05, 3.63) is 65.9 Å². The number of nitrogens with one attached hydrogen (secondary N) is 2. The summed E-state index contributed by atoms with van der Waals surface area (Å²) in [6.45, 7) is 3.58. The minimum atomic E-state index is -0.968. The highest BCUT2D eigenvalue weighted by Crippen LogP contribution is 2.20. The van der Waals surface area contributed by atoms with Gasteiger partial charge in [0.25, 0.3) is 5.91 Å². The largest absolute Gasteiger partial charge is 0.494 e. The van der Waals surface area contributed by atoms with Crippen molar-refractivity contribution >= 4 is 28.6 Å². The van der Waals surface area contributed by atoms with Crippen LogP contribution < -0.4 is 10.1 Å². The summed E-state index contributed by atoms with van der Waals surface area (Å²) in [7, 11) is 0. The predicted molar refractivity (Wildman–Crippen MR) is 108 cm³/mol. The summed E-state index contributed by atoms with van der Waals surface area (Å²) in [4.78, 5) is 39.8. The fourth-order valence-corrected chi connectivity index (χ4v) is 2.91. The molecule has 0 radical (unpaired) electrons. The molecule has 1 aromatic heterocycles. The number of rotatable bonds is 8. The lowest BCUT2D eigenvalue weighted by Crippen LogP contribution is -2.34. The van der Waals surface area contributed by atoms with Gasteiger partial charge in [-0.25, -0.2) is 0 Å². The van der Waals surface area contributed by atoms with E-state index < -0.39 is 18.0 Å². The Morgan fingerprint density at radius 1 is 1.07 bits per heavy atom. The minimum Gasteiger partial charge on any atom is -0.494 e. The number of H-pyrrole nitrogens is 1. The zero-order valence-corrected chi connectivity index (χ0v) is 16.2. The number of ether oxygens (including phenoxy) is 2. The third-order valence-electron chi connectivity index (χ3n) is 4.35. The average Bonchev–Trinajstić information content (AvgIpc) is 3.16. The van der Waals surface area contributed by atoms with Crippen LogP contribution in [0.4, 0.5) is 0 Å². The Hall–Kier alpha value is -3.61. The first kappa shape index (κ1) is 20.1. The highest BCUT2D eigenvalue weighted by atomic mass is 16.5. The van der Waals surface area contributed by atoms with Crippen molar-refractivity contribution < 1.29 is 23.9 Å². The number of hydrogen-bond acceptors (Lipinski definition) is 5. The molecule has 150 valence electrons. The van der Waals surface area contributed by atoms with E-state index in [1.165, 1.54) is 6.92 Å². The smallest absolute Gasteiger partial charge is 0.326 e. The summed E-state index contributed by atoms with van der Waals surface area (Å²) >= 11 is 0. The molecule has 3 rings (SSSR count). The highest BCUT2D eigenvalue weighted by Gasteiger charge is 2.22. The van der Waals surface area contributed by atoms with Crippen LogP contribution in [0.5, 0.6) is 5.75 Å². The zero-order chi connectivity index (χ0) is 20.8. The van der Waals surface area contributed by atoms with E-state index >= 15 is 0 Å². The van der Waals surface area contributed by atoms with E-state index in [4.69, 9.17) is 9.47 Å². The number of amides is 1. The van der Waals surface area contributed by atoms with Gasteiger partial charge in [-0.3, -0.25) is 14.4 Å². The van der Waals surface area contributed by atoms with Gasteiger partial charge in [-0.1, -0.05) is 18.2 Å². The molecule has 2 aromatic carbocycles. The SMILES string of the molecule is CCOc1ccc(C(=O)NCC(=O)O[C@@H](C)C(=O)c2c[nH]c3ccccc23)cc1. The molecule has 1 heterocycles. The molecule has 7 heteroatoms. The number of benzene rings is 2. The second kappa shape index (κ2) is 9.05. The van der Waals surface area contributed by atoms with E-state index in [2.05, 4.69) is 10.3 Å². The van der Waals surface area contributed by atoms with E-state index in [1.54, 1.807) is 30.5 Å². The highest BCUT2D eigenvalue weighted by molar-refractivity contribution is 6.10. The number of aromatic nitrogens is 1. The van der Waals surface area contributed by atoms with Gasteiger partial charge in [-0.2, -0.15) is 0 Å². The van der Waals surface area contributed by atoms with E-state index in [1.807, 2.05) is 31.2 Å². The summed E-state index contributed by atoms with van der Waals surface area (Å²) < 4.78 is 10.5. The van der Waals surface area contributed by atoms with Crippen molar-refractivity contribution in [3.63, 3.8) is 0 Å². The van der Waals surface area contributed by atoms with Crippen LogP contribution in [0.1, 0.15) is 34.6 Å². The molecule has 1 atom stereocenters. The topological polar surface area (TPSA) is 97.5 Å². The lowest BCUT2D eigenvalue weighted by molar-refractivity contribution is -0.145. The number of aromatic amines is 1. The molecule has 0 unspecified atom stereocenters. The van der Waals surface area contributed by atoms with Gasteiger partial charge in [0.2, 0.25) is 5.78 Å². The first-order valence-corrected chi connectivity index (χ1v) is 9.30. The van der Waals surface area contributed by atoms with E-state index in [-0.39, 0.29) is 12.3 Å². The van der Waals surface area contributed by atoms with Crippen LogP contribution in [0.25, 0.3) is 10.9 Å². The quantitative estimate of drug-likeness (QED) is 0.452. The van der Waals surface area contributed by atoms with Gasteiger partial charge in [0.05, 0.1) is 6.61 Å². The molecule has 7 nitrogen and oxygen atoms in total. The summed E-state index contributed by atoms with van der Waals surface area (Å²) in [6.07, 6.45) is 0.634. The Morgan fingerprint density at radius 3 is 2.52 bits per heavy atom. The molecule has 0 bridgehead atoms. The van der Waals surface area contributed by atoms with Crippen molar-refractivity contribution in [2.45, 2.75) is 20.0 Å². The van der Waals surface area contributed by atoms with Crippen LogP contribution in [-0.2, 0) is 9.53 Å². The van der Waals surface area contributed by atoms with Gasteiger partial charge in [0, 0.05) is 28.2 Å². The monoisotopic (exact) mass is 394 g/mol. The maximum atomic E-state index is 12.6. The van der Waals surface area contributed by atoms with Crippen molar-refractivity contribution in [2.75, 3.05) is 13.2 Å². The standard InChI is InChI=1S/C22H22N2O5/c1-3-28-16-10-8-15(9-11-16)22(27)24-13-20(25)29-14(2)21(26)18-12-23-19-7-5-4-6-17(18)19/h4-12,14,23H,3,13H2,1-2H3,(H,24,27)/t14-/m0/s1. The van der Waals surface area contributed by atoms with Crippen molar-refractivity contribution in [1.29, 1.82) is 0 Å². The maximum absolute atomic E-state index is 12.6. The number of fused-ring (bicyclic) bond motifs is 1. The maximum Gasteiger partial charge on any atom is 0.326 e. The number of ketones is 1. The normalized spacial score (nSPS) is 11.7. The van der Waals surface area contributed by atoms with Crippen LogP contribution in [0.3, 0.4) is 0 Å². The molecule has 0 aliphatic heterocycles. The van der Waals surface area contributed by atoms with Gasteiger partial charge < -0.3 is 19.8 Å². The minimum absolute atomic E-state index is 0.311. The van der Waals surface area contributed by atoms with E-state index in [0.717, 1.165) is 10.9 Å². The Kier molecular flexibility index (Phi) is 6.29. The summed E-state index contributed by atoms with van der Waals surface area (Å²) in [6, 6.07) is 14.0. The molecule has 0 fully saturated rings. The Bertz CT molecular complexity index is 1020. The molecule has 2 N–H and O–H groups in total. The fraction of sp³-hybridized carbons (Fsp3) is 0.227. The lowest BCUT2D eigenvalue weighted by Gasteiger charge is -2.12. The summed E-state index contributed by atoms with van der Waals surface area (Å²) in [5, 5.41) is 3.25. The molecule has 0 aliphatic rings. The Balaban J connectivity index is 1.53. The zero-order valence-electron chi connectivity index (χ0n) is 16.2. The fourth-order valence-electron chi connectivity index (χ4n) is 2.91. The first-order chi connectivity index (χ1) is 14.0. The van der Waals surface area contributed by atoms with Gasteiger partial charge in [-0.15, -0.1) is 0 Å². The lowest BCUT2D eigenvalue weighted by atomic mass is 10.1. The van der Waals surface area contributed by atoms with Gasteiger partial charge in [-0.05, 0) is 44.2 Å². The Morgan fingerprint density at radius 2 is 1.79 bits per heavy atom. The van der Waals surface area contributed by atoms with Crippen molar-refractivity contribution in [3.8, 4) is 5.75 Å². The number of hydrogen-bond donors (Lipinski definition) is 2. The van der Waals surface area contributed by atoms with E-state index in [9.17, 15) is 14.4 Å². The molecule has 29 heavy (non-hydrogen) atoms. The number of carbonyl (C=O) groups is 3. The van der Waals surface area contributed by atoms with Crippen LogP contribution in [0.2, 0.25) is 0 Å². The second-order valence-electron chi connectivity index (χ2n) is 6.38. The molecule has 0 aliphatic carbocycles. The molecule has 0 spiro atoms. The second-order valence-corrected chi connectivity index (χ2v) is 6.38. The molecular formula is C22H22N2O5. The molecule has 3 aromatic rings. The number of Topliss-reactive ketones (excluding diaryl/α,β-unsaturated/α-hetero) is 1. The molecule has 0 saturated carbocycles.